The molecule has 1 amide bonds. The van der Waals surface area contributed by atoms with Crippen molar-refractivity contribution in [2.24, 2.45) is 0 Å². The maximum Gasteiger partial charge on any atom is 0.259 e. The standard InChI is InChI=1S/C21H19BrN2O2/c1-13-8-15-9-16(22)10-17-19(15)24(13)12-18(20(17)25)21(26)23(2)11-14-6-4-3-5-7-14/h3-7,9-10,12-13H,8,11H2,1-2H3/t13-/m1/s1. The zero-order valence-corrected chi connectivity index (χ0v) is 16.3. The van der Waals surface area contributed by atoms with Gasteiger partial charge in [-0.1, -0.05) is 46.3 Å². The van der Waals surface area contributed by atoms with Gasteiger partial charge in [0.15, 0.2) is 0 Å². The predicted molar refractivity (Wildman–Crippen MR) is 107 cm³/mol. The first-order valence-corrected chi connectivity index (χ1v) is 9.41. The SMILES string of the molecule is C[C@@H]1Cc2cc(Br)cc3c(=O)c(C(=O)N(C)Cc4ccccc4)cn1c23. The summed E-state index contributed by atoms with van der Waals surface area (Å²) in [6.07, 6.45) is 2.61. The van der Waals surface area contributed by atoms with E-state index in [1.165, 1.54) is 0 Å². The molecule has 2 aromatic carbocycles. The summed E-state index contributed by atoms with van der Waals surface area (Å²) in [6.45, 7) is 2.58. The van der Waals surface area contributed by atoms with Gasteiger partial charge in [-0.15, -0.1) is 0 Å². The minimum atomic E-state index is -0.245. The van der Waals surface area contributed by atoms with Crippen molar-refractivity contribution in [3.8, 4) is 0 Å². The molecular weight excluding hydrogens is 392 g/mol. The molecule has 0 spiro atoms. The number of hydrogen-bond acceptors (Lipinski definition) is 2. The summed E-state index contributed by atoms with van der Waals surface area (Å²) in [5, 5.41) is 0.609. The smallest absolute Gasteiger partial charge is 0.259 e. The van der Waals surface area contributed by atoms with Crippen LogP contribution in [0.3, 0.4) is 0 Å². The van der Waals surface area contributed by atoms with Crippen molar-refractivity contribution in [2.75, 3.05) is 7.05 Å². The van der Waals surface area contributed by atoms with E-state index in [-0.39, 0.29) is 22.9 Å². The summed E-state index contributed by atoms with van der Waals surface area (Å²) in [6, 6.07) is 13.9. The molecule has 1 aliphatic heterocycles. The molecule has 0 unspecified atom stereocenters. The Hall–Kier alpha value is -2.40. The number of carbonyl (C=O) groups is 1. The Morgan fingerprint density at radius 3 is 2.73 bits per heavy atom. The molecule has 0 bridgehead atoms. The van der Waals surface area contributed by atoms with Crippen LogP contribution in [0.5, 0.6) is 0 Å². The highest BCUT2D eigenvalue weighted by Crippen LogP contribution is 2.33. The van der Waals surface area contributed by atoms with Crippen LogP contribution in [0, 0.1) is 0 Å². The van der Waals surface area contributed by atoms with Crippen LogP contribution in [-0.4, -0.2) is 22.4 Å². The number of hydrogen-bond donors (Lipinski definition) is 0. The van der Waals surface area contributed by atoms with Crippen LogP contribution in [-0.2, 0) is 13.0 Å². The molecule has 1 aromatic heterocycles. The highest BCUT2D eigenvalue weighted by Gasteiger charge is 2.26. The topological polar surface area (TPSA) is 42.3 Å². The quantitative estimate of drug-likeness (QED) is 0.650. The van der Waals surface area contributed by atoms with Gasteiger partial charge in [0.25, 0.3) is 5.91 Å². The second-order valence-corrected chi connectivity index (χ2v) is 7.86. The molecule has 5 heteroatoms. The molecule has 2 heterocycles. The lowest BCUT2D eigenvalue weighted by Gasteiger charge is -2.19. The average Bonchev–Trinajstić information content (AvgIpc) is 2.93. The van der Waals surface area contributed by atoms with Crippen LogP contribution >= 0.6 is 15.9 Å². The number of amides is 1. The number of benzene rings is 2. The predicted octanol–water partition coefficient (Wildman–Crippen LogP) is 4.15. The van der Waals surface area contributed by atoms with Crippen molar-refractivity contribution in [1.82, 2.24) is 9.47 Å². The van der Waals surface area contributed by atoms with Crippen LogP contribution in [0.15, 0.2) is 57.9 Å². The molecule has 0 N–H and O–H groups in total. The Labute approximate surface area is 160 Å². The van der Waals surface area contributed by atoms with Gasteiger partial charge in [0.1, 0.15) is 5.56 Å². The van der Waals surface area contributed by atoms with Crippen molar-refractivity contribution in [1.29, 1.82) is 0 Å². The van der Waals surface area contributed by atoms with Gasteiger partial charge >= 0.3 is 0 Å². The normalized spacial score (nSPS) is 15.4. The number of nitrogens with zero attached hydrogens (tertiary/aromatic N) is 2. The van der Waals surface area contributed by atoms with E-state index in [1.807, 2.05) is 36.4 Å². The first kappa shape index (κ1) is 17.0. The molecule has 1 atom stereocenters. The summed E-state index contributed by atoms with van der Waals surface area (Å²) in [5.41, 5.74) is 3.17. The van der Waals surface area contributed by atoms with Crippen LogP contribution < -0.4 is 5.43 Å². The van der Waals surface area contributed by atoms with E-state index in [9.17, 15) is 9.59 Å². The molecule has 0 saturated carbocycles. The lowest BCUT2D eigenvalue weighted by molar-refractivity contribution is 0.0783. The first-order chi connectivity index (χ1) is 12.5. The lowest BCUT2D eigenvalue weighted by atomic mass is 10.1. The summed E-state index contributed by atoms with van der Waals surface area (Å²) in [7, 11) is 1.73. The zero-order valence-electron chi connectivity index (χ0n) is 14.7. The van der Waals surface area contributed by atoms with E-state index in [0.717, 1.165) is 27.5 Å². The van der Waals surface area contributed by atoms with Gasteiger partial charge in [0.05, 0.1) is 5.52 Å². The fraction of sp³-hybridized carbons (Fsp3) is 0.238. The number of halogens is 1. The molecule has 26 heavy (non-hydrogen) atoms. The molecule has 0 radical (unpaired) electrons. The fourth-order valence-corrected chi connectivity index (χ4v) is 4.25. The Morgan fingerprint density at radius 2 is 2.00 bits per heavy atom. The molecule has 0 saturated heterocycles. The average molecular weight is 411 g/mol. The van der Waals surface area contributed by atoms with Gasteiger partial charge in [0, 0.05) is 35.7 Å². The van der Waals surface area contributed by atoms with Crippen molar-refractivity contribution >= 4 is 32.7 Å². The van der Waals surface area contributed by atoms with E-state index in [4.69, 9.17) is 0 Å². The number of carbonyl (C=O) groups excluding carboxylic acids is 1. The Kier molecular flexibility index (Phi) is 4.19. The molecule has 1 aliphatic rings. The largest absolute Gasteiger partial charge is 0.343 e. The van der Waals surface area contributed by atoms with Crippen molar-refractivity contribution in [2.45, 2.75) is 25.9 Å². The number of pyridine rings is 1. The summed E-state index contributed by atoms with van der Waals surface area (Å²) < 4.78 is 2.95. The van der Waals surface area contributed by atoms with Crippen LogP contribution in [0.1, 0.15) is 34.5 Å². The van der Waals surface area contributed by atoms with Gasteiger partial charge in [-0.05, 0) is 36.6 Å². The van der Waals surface area contributed by atoms with Gasteiger partial charge in [-0.3, -0.25) is 9.59 Å². The molecular formula is C21H19BrN2O2. The maximum absolute atomic E-state index is 13.0. The van der Waals surface area contributed by atoms with Crippen molar-refractivity contribution in [3.05, 3.63) is 80.0 Å². The van der Waals surface area contributed by atoms with Crippen LogP contribution in [0.4, 0.5) is 0 Å². The Bertz CT molecular complexity index is 1070. The summed E-state index contributed by atoms with van der Waals surface area (Å²) in [4.78, 5) is 27.6. The van der Waals surface area contributed by atoms with Gasteiger partial charge in [-0.25, -0.2) is 0 Å². The Balaban J connectivity index is 1.79. The van der Waals surface area contributed by atoms with E-state index < -0.39 is 0 Å². The number of aromatic nitrogens is 1. The van der Waals surface area contributed by atoms with Crippen molar-refractivity contribution in [3.63, 3.8) is 0 Å². The Morgan fingerprint density at radius 1 is 1.27 bits per heavy atom. The first-order valence-electron chi connectivity index (χ1n) is 8.62. The van der Waals surface area contributed by atoms with Gasteiger partial charge < -0.3 is 9.47 Å². The molecule has 132 valence electrons. The van der Waals surface area contributed by atoms with Gasteiger partial charge in [0.2, 0.25) is 5.43 Å². The molecule has 4 nitrogen and oxygen atoms in total. The second kappa shape index (κ2) is 6.40. The van der Waals surface area contributed by atoms with Crippen LogP contribution in [0.25, 0.3) is 10.9 Å². The fourth-order valence-electron chi connectivity index (χ4n) is 3.75. The van der Waals surface area contributed by atoms with Crippen LogP contribution in [0.2, 0.25) is 0 Å². The minimum absolute atomic E-state index is 0.196. The third-order valence-corrected chi connectivity index (χ3v) is 5.46. The van der Waals surface area contributed by atoms with Gasteiger partial charge in [-0.2, -0.15) is 0 Å². The lowest BCUT2D eigenvalue weighted by Crippen LogP contribution is -2.31. The highest BCUT2D eigenvalue weighted by molar-refractivity contribution is 9.10. The maximum atomic E-state index is 13.0. The third-order valence-electron chi connectivity index (χ3n) is 5.00. The summed E-state index contributed by atoms with van der Waals surface area (Å²) >= 11 is 3.49. The molecule has 4 rings (SSSR count). The zero-order chi connectivity index (χ0) is 18.4. The second-order valence-electron chi connectivity index (χ2n) is 6.94. The van der Waals surface area contributed by atoms with E-state index >= 15 is 0 Å². The van der Waals surface area contributed by atoms with E-state index in [1.54, 1.807) is 18.1 Å². The number of rotatable bonds is 3. The third kappa shape index (κ3) is 2.76. The monoisotopic (exact) mass is 410 g/mol. The molecule has 3 aromatic rings. The molecule has 0 fully saturated rings. The van der Waals surface area contributed by atoms with E-state index in [0.29, 0.717) is 11.9 Å². The molecule has 0 aliphatic carbocycles. The summed E-state index contributed by atoms with van der Waals surface area (Å²) in [5.74, 6) is -0.245. The highest BCUT2D eigenvalue weighted by atomic mass is 79.9. The van der Waals surface area contributed by atoms with E-state index in [2.05, 4.69) is 33.5 Å². The minimum Gasteiger partial charge on any atom is -0.343 e. The van der Waals surface area contributed by atoms with Crippen molar-refractivity contribution < 1.29 is 4.79 Å².